The molecule has 0 spiro atoms. The molecule has 0 atom stereocenters. The Labute approximate surface area is 80.8 Å². The van der Waals surface area contributed by atoms with Gasteiger partial charge in [0.05, 0.1) is 0 Å². The van der Waals surface area contributed by atoms with Crippen molar-refractivity contribution < 1.29 is 4.42 Å². The quantitative estimate of drug-likeness (QED) is 0.721. The smallest absolute Gasteiger partial charge is 0.388 e. The predicted octanol–water partition coefficient (Wildman–Crippen LogP) is 1.52. The second-order valence-electron chi connectivity index (χ2n) is 2.85. The summed E-state index contributed by atoms with van der Waals surface area (Å²) < 4.78 is 6.28. The lowest BCUT2D eigenvalue weighted by atomic mass is 10.2. The van der Waals surface area contributed by atoms with Gasteiger partial charge in [0.2, 0.25) is 5.89 Å². The molecule has 14 heavy (non-hydrogen) atoms. The van der Waals surface area contributed by atoms with Gasteiger partial charge in [-0.05, 0) is 19.1 Å². The summed E-state index contributed by atoms with van der Waals surface area (Å²) in [7, 11) is 0. The summed E-state index contributed by atoms with van der Waals surface area (Å²) in [6, 6.07) is 9.36. The molecule has 72 valence electrons. The van der Waals surface area contributed by atoms with Gasteiger partial charge in [-0.1, -0.05) is 18.2 Å². The Kier molecular flexibility index (Phi) is 2.18. The number of rotatable bonds is 2. The van der Waals surface area contributed by atoms with E-state index in [9.17, 15) is 4.79 Å². The molecule has 0 aliphatic rings. The van der Waals surface area contributed by atoms with E-state index < -0.39 is 5.76 Å². The summed E-state index contributed by atoms with van der Waals surface area (Å²) in [5, 5.41) is 4.04. The first-order valence-corrected chi connectivity index (χ1v) is 4.44. The fourth-order valence-electron chi connectivity index (χ4n) is 1.20. The summed E-state index contributed by atoms with van der Waals surface area (Å²) in [5.41, 5.74) is 0.816. The van der Waals surface area contributed by atoms with Crippen LogP contribution >= 0.6 is 0 Å². The van der Waals surface area contributed by atoms with E-state index in [-0.39, 0.29) is 0 Å². The average Bonchev–Trinajstić information content (AvgIpc) is 2.61. The van der Waals surface area contributed by atoms with Gasteiger partial charge in [-0.3, -0.25) is 0 Å². The summed E-state index contributed by atoms with van der Waals surface area (Å²) in [6.07, 6.45) is 0. The fraction of sp³-hybridized carbons (Fsp3) is 0.200. The topological polar surface area (TPSA) is 48.0 Å². The lowest BCUT2D eigenvalue weighted by molar-refractivity contribution is 0.490. The summed E-state index contributed by atoms with van der Waals surface area (Å²) in [4.78, 5) is 11.2. The molecule has 1 heterocycles. The molecule has 0 radical (unpaired) electrons. The van der Waals surface area contributed by atoms with Crippen LogP contribution in [0.4, 0.5) is 0 Å². The van der Waals surface area contributed by atoms with E-state index in [0.29, 0.717) is 12.4 Å². The third-order valence-electron chi connectivity index (χ3n) is 1.93. The molecule has 0 aliphatic carbocycles. The van der Waals surface area contributed by atoms with E-state index in [1.165, 1.54) is 4.68 Å². The van der Waals surface area contributed by atoms with Crippen LogP contribution in [-0.2, 0) is 6.54 Å². The molecule has 0 bridgehead atoms. The third kappa shape index (κ3) is 1.46. The molecule has 0 saturated heterocycles. The minimum atomic E-state index is -0.411. The van der Waals surface area contributed by atoms with E-state index in [4.69, 9.17) is 4.42 Å². The molecule has 0 unspecified atom stereocenters. The lowest BCUT2D eigenvalue weighted by Crippen LogP contribution is -2.13. The first kappa shape index (κ1) is 8.74. The van der Waals surface area contributed by atoms with Crippen LogP contribution in [0.2, 0.25) is 0 Å². The van der Waals surface area contributed by atoms with Crippen molar-refractivity contribution in [3.05, 3.63) is 40.9 Å². The third-order valence-corrected chi connectivity index (χ3v) is 1.93. The van der Waals surface area contributed by atoms with Crippen molar-refractivity contribution in [2.75, 3.05) is 0 Å². The molecule has 4 nitrogen and oxygen atoms in total. The highest BCUT2D eigenvalue weighted by Gasteiger charge is 2.07. The maximum atomic E-state index is 11.2. The molecular formula is C10H10N2O2. The molecule has 2 rings (SSSR count). The Morgan fingerprint density at radius 1 is 1.36 bits per heavy atom. The average molecular weight is 190 g/mol. The number of aromatic nitrogens is 2. The Morgan fingerprint density at radius 3 is 2.64 bits per heavy atom. The number of benzene rings is 1. The van der Waals surface area contributed by atoms with E-state index in [0.717, 1.165) is 5.56 Å². The van der Waals surface area contributed by atoms with Gasteiger partial charge in [0.1, 0.15) is 0 Å². The van der Waals surface area contributed by atoms with E-state index in [1.807, 2.05) is 37.3 Å². The lowest BCUT2D eigenvalue weighted by Gasteiger charge is -1.91. The molecule has 1 aromatic carbocycles. The minimum absolute atomic E-state index is 0.373. The second-order valence-corrected chi connectivity index (χ2v) is 2.85. The van der Waals surface area contributed by atoms with Crippen molar-refractivity contribution in [2.45, 2.75) is 13.5 Å². The van der Waals surface area contributed by atoms with Crippen molar-refractivity contribution in [3.63, 3.8) is 0 Å². The van der Waals surface area contributed by atoms with E-state index in [1.54, 1.807) is 0 Å². The van der Waals surface area contributed by atoms with Crippen LogP contribution in [0.25, 0.3) is 11.5 Å². The summed E-state index contributed by atoms with van der Waals surface area (Å²) in [6.45, 7) is 2.37. The number of aryl methyl sites for hydroxylation is 1. The Bertz CT molecular complexity index is 470. The second kappa shape index (κ2) is 3.49. The van der Waals surface area contributed by atoms with Crippen LogP contribution in [-0.4, -0.2) is 9.78 Å². The van der Waals surface area contributed by atoms with Crippen molar-refractivity contribution >= 4 is 0 Å². The van der Waals surface area contributed by atoms with E-state index >= 15 is 0 Å². The Balaban J connectivity index is 2.48. The van der Waals surface area contributed by atoms with Crippen LogP contribution in [0, 0.1) is 0 Å². The van der Waals surface area contributed by atoms with Gasteiger partial charge < -0.3 is 4.42 Å². The SMILES string of the molecule is CCn1nc(-c2ccccc2)oc1=O. The normalized spacial score (nSPS) is 10.4. The number of nitrogens with zero attached hydrogens (tertiary/aromatic N) is 2. The van der Waals surface area contributed by atoms with Crippen molar-refractivity contribution in [1.82, 2.24) is 9.78 Å². The van der Waals surface area contributed by atoms with Gasteiger partial charge in [-0.15, -0.1) is 5.10 Å². The first-order valence-electron chi connectivity index (χ1n) is 4.44. The minimum Gasteiger partial charge on any atom is -0.388 e. The van der Waals surface area contributed by atoms with Gasteiger partial charge >= 0.3 is 5.76 Å². The van der Waals surface area contributed by atoms with Crippen LogP contribution in [0.15, 0.2) is 39.5 Å². The van der Waals surface area contributed by atoms with Crippen molar-refractivity contribution in [3.8, 4) is 11.5 Å². The highest BCUT2D eigenvalue weighted by Crippen LogP contribution is 2.13. The van der Waals surface area contributed by atoms with Gasteiger partial charge in [-0.2, -0.15) is 4.68 Å². The zero-order valence-electron chi connectivity index (χ0n) is 7.80. The highest BCUT2D eigenvalue weighted by molar-refractivity contribution is 5.51. The molecule has 2 aromatic rings. The maximum Gasteiger partial charge on any atom is 0.437 e. The predicted molar refractivity (Wildman–Crippen MR) is 51.9 cm³/mol. The first-order chi connectivity index (χ1) is 6.81. The molecule has 0 saturated carbocycles. The molecule has 0 fully saturated rings. The van der Waals surface area contributed by atoms with E-state index in [2.05, 4.69) is 5.10 Å². The van der Waals surface area contributed by atoms with Crippen molar-refractivity contribution in [2.24, 2.45) is 0 Å². The van der Waals surface area contributed by atoms with Crippen LogP contribution < -0.4 is 5.76 Å². The van der Waals surface area contributed by atoms with Gasteiger partial charge in [0, 0.05) is 12.1 Å². The van der Waals surface area contributed by atoms with Crippen molar-refractivity contribution in [1.29, 1.82) is 0 Å². The molecular weight excluding hydrogens is 180 g/mol. The summed E-state index contributed by atoms with van der Waals surface area (Å²) >= 11 is 0. The van der Waals surface area contributed by atoms with Crippen LogP contribution in [0.1, 0.15) is 6.92 Å². The molecule has 0 aliphatic heterocycles. The van der Waals surface area contributed by atoms with Crippen LogP contribution in [0.5, 0.6) is 0 Å². The molecule has 0 N–H and O–H groups in total. The van der Waals surface area contributed by atoms with Gasteiger partial charge in [0.15, 0.2) is 0 Å². The summed E-state index contributed by atoms with van der Waals surface area (Å²) in [5.74, 6) is -0.0381. The van der Waals surface area contributed by atoms with Gasteiger partial charge in [0.25, 0.3) is 0 Å². The maximum absolute atomic E-state index is 11.2. The van der Waals surface area contributed by atoms with Crippen LogP contribution in [0.3, 0.4) is 0 Å². The fourth-order valence-corrected chi connectivity index (χ4v) is 1.20. The Morgan fingerprint density at radius 2 is 2.07 bits per heavy atom. The zero-order chi connectivity index (χ0) is 9.97. The highest BCUT2D eigenvalue weighted by atomic mass is 16.4. The number of hydrogen-bond acceptors (Lipinski definition) is 3. The monoisotopic (exact) mass is 190 g/mol. The molecule has 4 heteroatoms. The molecule has 0 amide bonds. The largest absolute Gasteiger partial charge is 0.437 e. The standard InChI is InChI=1S/C10H10N2O2/c1-2-12-10(13)14-9(11-12)8-6-4-3-5-7-8/h3-7H,2H2,1H3. The molecule has 1 aromatic heterocycles. The zero-order valence-corrected chi connectivity index (χ0v) is 7.80. The Hall–Kier alpha value is -1.84. The van der Waals surface area contributed by atoms with Gasteiger partial charge in [-0.25, -0.2) is 4.79 Å². The number of hydrogen-bond donors (Lipinski definition) is 0.